The number of methoxy groups -OCH3 is 2. The largest absolute Gasteiger partial charge is 0.497 e. The molecule has 0 bridgehead atoms. The van der Waals surface area contributed by atoms with E-state index < -0.39 is 11.8 Å². The van der Waals surface area contributed by atoms with Gasteiger partial charge in [-0.05, 0) is 55.0 Å². The Morgan fingerprint density at radius 2 is 1.81 bits per heavy atom. The Kier molecular flexibility index (Phi) is 5.23. The molecule has 1 aliphatic heterocycles. The van der Waals surface area contributed by atoms with E-state index in [1.54, 1.807) is 24.3 Å². The summed E-state index contributed by atoms with van der Waals surface area (Å²) in [5.74, 6) is 0.0414. The van der Waals surface area contributed by atoms with Crippen LogP contribution in [-0.4, -0.2) is 31.1 Å². The maximum Gasteiger partial charge on any atom is 0.270 e. The predicted octanol–water partition coefficient (Wildman–Crippen LogP) is 2.84. The van der Waals surface area contributed by atoms with Crippen molar-refractivity contribution in [3.63, 3.8) is 0 Å². The van der Waals surface area contributed by atoms with E-state index in [0.29, 0.717) is 22.7 Å². The van der Waals surface area contributed by atoms with Crippen LogP contribution in [0.5, 0.6) is 11.5 Å². The molecule has 0 aromatic heterocycles. The van der Waals surface area contributed by atoms with E-state index in [-0.39, 0.29) is 10.7 Å². The van der Waals surface area contributed by atoms with Crippen molar-refractivity contribution in [3.8, 4) is 11.5 Å². The monoisotopic (exact) mass is 382 g/mol. The summed E-state index contributed by atoms with van der Waals surface area (Å²) in [6.45, 7) is 1.87. The SMILES string of the molecule is COc1ccc(OC)c(/C=C2\C(=O)NC(=S)N(c3ccccc3C)C2=O)c1. The summed E-state index contributed by atoms with van der Waals surface area (Å²) >= 11 is 5.23. The Bertz CT molecular complexity index is 968. The fourth-order valence-electron chi connectivity index (χ4n) is 2.80. The second-order valence-corrected chi connectivity index (χ2v) is 6.24. The molecule has 1 N–H and O–H groups in total. The first-order valence-corrected chi connectivity index (χ1v) is 8.56. The first kappa shape index (κ1) is 18.6. The summed E-state index contributed by atoms with van der Waals surface area (Å²) in [5.41, 5.74) is 1.99. The summed E-state index contributed by atoms with van der Waals surface area (Å²) in [6, 6.07) is 12.5. The zero-order valence-corrected chi connectivity index (χ0v) is 15.9. The van der Waals surface area contributed by atoms with Gasteiger partial charge in [-0.15, -0.1) is 0 Å². The van der Waals surface area contributed by atoms with E-state index in [1.807, 2.05) is 25.1 Å². The van der Waals surface area contributed by atoms with Crippen molar-refractivity contribution in [3.05, 3.63) is 59.2 Å². The molecule has 1 fully saturated rings. The van der Waals surface area contributed by atoms with Crippen molar-refractivity contribution >= 4 is 40.9 Å². The molecule has 0 aliphatic carbocycles. The van der Waals surface area contributed by atoms with Gasteiger partial charge in [0, 0.05) is 5.56 Å². The number of para-hydroxylation sites is 1. The van der Waals surface area contributed by atoms with Crippen molar-refractivity contribution in [2.75, 3.05) is 19.1 Å². The van der Waals surface area contributed by atoms with Gasteiger partial charge in [0.25, 0.3) is 11.8 Å². The third-order valence-electron chi connectivity index (χ3n) is 4.19. The molecule has 3 rings (SSSR count). The molecule has 2 amide bonds. The molecule has 0 saturated carbocycles. The van der Waals surface area contributed by atoms with Gasteiger partial charge in [0.2, 0.25) is 0 Å². The number of carbonyl (C=O) groups excluding carboxylic acids is 2. The van der Waals surface area contributed by atoms with Crippen LogP contribution in [-0.2, 0) is 9.59 Å². The number of rotatable bonds is 4. The van der Waals surface area contributed by atoms with Crippen LogP contribution in [0.2, 0.25) is 0 Å². The molecule has 0 spiro atoms. The average Bonchev–Trinajstić information content (AvgIpc) is 2.66. The molecule has 1 heterocycles. The van der Waals surface area contributed by atoms with Gasteiger partial charge in [-0.25, -0.2) is 0 Å². The number of carbonyl (C=O) groups is 2. The van der Waals surface area contributed by atoms with Crippen LogP contribution in [0.1, 0.15) is 11.1 Å². The highest BCUT2D eigenvalue weighted by Crippen LogP contribution is 2.29. The number of ether oxygens (including phenoxy) is 2. The Labute approximate surface area is 162 Å². The second-order valence-electron chi connectivity index (χ2n) is 5.85. The summed E-state index contributed by atoms with van der Waals surface area (Å²) in [7, 11) is 3.05. The molecular formula is C20H18N2O4S. The zero-order valence-electron chi connectivity index (χ0n) is 15.1. The molecule has 1 aliphatic rings. The average molecular weight is 382 g/mol. The minimum Gasteiger partial charge on any atom is -0.497 e. The Morgan fingerprint density at radius 1 is 1.07 bits per heavy atom. The number of nitrogens with one attached hydrogen (secondary N) is 1. The number of anilines is 1. The van der Waals surface area contributed by atoms with E-state index in [9.17, 15) is 9.59 Å². The number of amides is 2. The van der Waals surface area contributed by atoms with Crippen LogP contribution in [0.15, 0.2) is 48.0 Å². The Morgan fingerprint density at radius 3 is 2.48 bits per heavy atom. The van der Waals surface area contributed by atoms with Crippen LogP contribution in [0.25, 0.3) is 6.08 Å². The first-order valence-electron chi connectivity index (χ1n) is 8.15. The molecule has 27 heavy (non-hydrogen) atoms. The van der Waals surface area contributed by atoms with Gasteiger partial charge in [-0.2, -0.15) is 0 Å². The van der Waals surface area contributed by atoms with Crippen molar-refractivity contribution in [2.24, 2.45) is 0 Å². The number of hydrogen-bond donors (Lipinski definition) is 1. The number of nitrogens with zero attached hydrogens (tertiary/aromatic N) is 1. The number of thiocarbonyl (C=S) groups is 1. The Balaban J connectivity index is 2.09. The van der Waals surface area contributed by atoms with Crippen molar-refractivity contribution in [1.82, 2.24) is 5.32 Å². The number of hydrogen-bond acceptors (Lipinski definition) is 5. The van der Waals surface area contributed by atoms with Crippen LogP contribution >= 0.6 is 12.2 Å². The van der Waals surface area contributed by atoms with Crippen LogP contribution in [0.3, 0.4) is 0 Å². The summed E-state index contributed by atoms with van der Waals surface area (Å²) in [4.78, 5) is 26.9. The third kappa shape index (κ3) is 3.54. The molecule has 138 valence electrons. The summed E-state index contributed by atoms with van der Waals surface area (Å²) < 4.78 is 10.5. The van der Waals surface area contributed by atoms with Crippen molar-refractivity contribution in [2.45, 2.75) is 6.92 Å². The van der Waals surface area contributed by atoms with E-state index in [1.165, 1.54) is 25.2 Å². The molecule has 1 saturated heterocycles. The highest BCUT2D eigenvalue weighted by atomic mass is 32.1. The zero-order chi connectivity index (χ0) is 19.6. The van der Waals surface area contributed by atoms with Gasteiger partial charge in [0.05, 0.1) is 19.9 Å². The molecule has 6 nitrogen and oxygen atoms in total. The second kappa shape index (κ2) is 7.59. The third-order valence-corrected chi connectivity index (χ3v) is 4.48. The van der Waals surface area contributed by atoms with Crippen LogP contribution < -0.4 is 19.7 Å². The molecule has 2 aromatic rings. The standard InChI is InChI=1S/C20H18N2O4S/c1-12-6-4-5-7-16(12)22-19(24)15(18(23)21-20(22)27)11-13-10-14(25-2)8-9-17(13)26-3/h4-11H,1-3H3,(H,21,23,27)/b15-11+. The topological polar surface area (TPSA) is 67.9 Å². The lowest BCUT2D eigenvalue weighted by Gasteiger charge is -2.30. The van der Waals surface area contributed by atoms with E-state index in [2.05, 4.69) is 5.32 Å². The number of benzene rings is 2. The predicted molar refractivity (Wildman–Crippen MR) is 107 cm³/mol. The molecule has 0 atom stereocenters. The van der Waals surface area contributed by atoms with Gasteiger partial charge >= 0.3 is 0 Å². The van der Waals surface area contributed by atoms with Gasteiger partial charge in [-0.1, -0.05) is 18.2 Å². The van der Waals surface area contributed by atoms with Gasteiger partial charge in [-0.3, -0.25) is 19.8 Å². The fraction of sp³-hybridized carbons (Fsp3) is 0.150. The molecule has 7 heteroatoms. The highest BCUT2D eigenvalue weighted by Gasteiger charge is 2.35. The summed E-state index contributed by atoms with van der Waals surface area (Å²) in [5, 5.41) is 2.63. The molecule has 0 radical (unpaired) electrons. The van der Waals surface area contributed by atoms with Gasteiger partial charge in [0.1, 0.15) is 17.1 Å². The number of aryl methyl sites for hydroxylation is 1. The molecule has 0 unspecified atom stereocenters. The van der Waals surface area contributed by atoms with Gasteiger partial charge in [0.15, 0.2) is 5.11 Å². The van der Waals surface area contributed by atoms with E-state index in [4.69, 9.17) is 21.7 Å². The van der Waals surface area contributed by atoms with Crippen molar-refractivity contribution in [1.29, 1.82) is 0 Å². The normalized spacial score (nSPS) is 15.7. The maximum absolute atomic E-state index is 13.1. The van der Waals surface area contributed by atoms with Gasteiger partial charge < -0.3 is 9.47 Å². The smallest absolute Gasteiger partial charge is 0.270 e. The Hall–Kier alpha value is -3.19. The summed E-state index contributed by atoms with van der Waals surface area (Å²) in [6.07, 6.45) is 1.48. The minimum atomic E-state index is -0.556. The molecular weight excluding hydrogens is 364 g/mol. The van der Waals surface area contributed by atoms with Crippen LogP contribution in [0, 0.1) is 6.92 Å². The fourth-order valence-corrected chi connectivity index (χ4v) is 3.07. The lowest BCUT2D eigenvalue weighted by molar-refractivity contribution is -0.122. The molecule has 2 aromatic carbocycles. The quantitative estimate of drug-likeness (QED) is 0.500. The van der Waals surface area contributed by atoms with E-state index >= 15 is 0 Å². The first-order chi connectivity index (χ1) is 13.0. The van der Waals surface area contributed by atoms with Crippen molar-refractivity contribution < 1.29 is 19.1 Å². The lowest BCUT2D eigenvalue weighted by Crippen LogP contribution is -2.54. The van der Waals surface area contributed by atoms with E-state index in [0.717, 1.165) is 5.56 Å². The lowest BCUT2D eigenvalue weighted by atomic mass is 10.0. The minimum absolute atomic E-state index is 0.0431. The maximum atomic E-state index is 13.1. The van der Waals surface area contributed by atoms with Crippen LogP contribution in [0.4, 0.5) is 5.69 Å². The highest BCUT2D eigenvalue weighted by molar-refractivity contribution is 7.80.